The predicted molar refractivity (Wildman–Crippen MR) is 109 cm³/mol. The molecule has 4 rings (SSSR count). The van der Waals surface area contributed by atoms with Gasteiger partial charge >= 0.3 is 6.03 Å². The summed E-state index contributed by atoms with van der Waals surface area (Å²) < 4.78 is 6.91. The smallest absolute Gasteiger partial charge is 0.321 e. The van der Waals surface area contributed by atoms with Crippen molar-refractivity contribution in [2.45, 2.75) is 12.0 Å². The van der Waals surface area contributed by atoms with E-state index >= 15 is 0 Å². The van der Waals surface area contributed by atoms with Gasteiger partial charge in [-0.1, -0.05) is 6.07 Å². The van der Waals surface area contributed by atoms with Crippen molar-refractivity contribution in [1.29, 1.82) is 0 Å². The summed E-state index contributed by atoms with van der Waals surface area (Å²) >= 11 is 0. The lowest BCUT2D eigenvalue weighted by atomic mass is 9.93. The monoisotopic (exact) mass is 398 g/mol. The molecule has 1 atom stereocenters. The minimum Gasteiger partial charge on any atom is -0.497 e. The van der Waals surface area contributed by atoms with Gasteiger partial charge in [0.2, 0.25) is 5.91 Å². The number of urea groups is 1. The van der Waals surface area contributed by atoms with Gasteiger partial charge in [0, 0.05) is 44.6 Å². The van der Waals surface area contributed by atoms with E-state index in [0.717, 1.165) is 12.1 Å². The third-order valence-corrected chi connectivity index (χ3v) is 5.88. The average Bonchev–Trinajstić information content (AvgIpc) is 3.32. The Labute approximate surface area is 169 Å². The number of hydrogen-bond donors (Lipinski definition) is 1. The number of nitrogens with zero attached hydrogens (tertiary/aromatic N) is 5. The van der Waals surface area contributed by atoms with E-state index in [1.54, 1.807) is 29.0 Å². The molecule has 1 spiro atoms. The van der Waals surface area contributed by atoms with E-state index in [0.29, 0.717) is 37.6 Å². The second kappa shape index (κ2) is 7.40. The van der Waals surface area contributed by atoms with Crippen molar-refractivity contribution in [3.63, 3.8) is 0 Å². The van der Waals surface area contributed by atoms with Crippen molar-refractivity contribution in [2.75, 3.05) is 50.6 Å². The molecule has 0 unspecified atom stereocenters. The molecule has 3 amide bonds. The maximum Gasteiger partial charge on any atom is 0.321 e. The van der Waals surface area contributed by atoms with Crippen LogP contribution in [-0.2, 0) is 11.8 Å². The van der Waals surface area contributed by atoms with Gasteiger partial charge in [0.1, 0.15) is 5.75 Å². The van der Waals surface area contributed by atoms with E-state index in [4.69, 9.17) is 4.74 Å². The highest BCUT2D eigenvalue weighted by atomic mass is 16.5. The van der Waals surface area contributed by atoms with Crippen LogP contribution in [0.2, 0.25) is 0 Å². The van der Waals surface area contributed by atoms with Crippen LogP contribution >= 0.6 is 0 Å². The predicted octanol–water partition coefficient (Wildman–Crippen LogP) is 1.38. The van der Waals surface area contributed by atoms with Crippen LogP contribution < -0.4 is 15.0 Å². The first kappa shape index (κ1) is 19.3. The summed E-state index contributed by atoms with van der Waals surface area (Å²) in [5.41, 5.74) is 1.22. The molecule has 154 valence electrons. The van der Waals surface area contributed by atoms with Crippen LogP contribution in [0.15, 0.2) is 36.7 Å². The summed E-state index contributed by atoms with van der Waals surface area (Å²) in [6.45, 7) is 2.05. The van der Waals surface area contributed by atoms with Gasteiger partial charge in [0.05, 0.1) is 31.1 Å². The Hall–Kier alpha value is -3.07. The minimum absolute atomic E-state index is 0.0467. The normalized spacial score (nSPS) is 22.4. The minimum atomic E-state index is -0.268. The Morgan fingerprint density at radius 3 is 2.83 bits per heavy atom. The number of piperazine rings is 1. The molecule has 2 saturated heterocycles. The van der Waals surface area contributed by atoms with E-state index in [1.165, 1.54) is 0 Å². The standard InChI is InChI=1S/C20H26N6O3/c1-23-12-18(27)26(16-10-21-24(2)11-16)14-20(23)7-8-25(13-20)19(28)22-15-5-4-6-17(9-15)29-3/h4-6,9-11H,7-8,12-14H2,1-3H3,(H,22,28)/t20-/m1/s1. The maximum absolute atomic E-state index is 12.8. The van der Waals surface area contributed by atoms with Crippen LogP contribution in [0.3, 0.4) is 0 Å². The average molecular weight is 398 g/mol. The summed E-state index contributed by atoms with van der Waals surface area (Å²) in [7, 11) is 5.39. The van der Waals surface area contributed by atoms with E-state index in [1.807, 2.05) is 43.4 Å². The van der Waals surface area contributed by atoms with Crippen LogP contribution in [0, 0.1) is 0 Å². The van der Waals surface area contributed by atoms with E-state index in [2.05, 4.69) is 15.3 Å². The molecule has 1 N–H and O–H groups in total. The number of amides is 3. The molecule has 9 heteroatoms. The fraction of sp³-hybridized carbons (Fsp3) is 0.450. The highest BCUT2D eigenvalue weighted by Crippen LogP contribution is 2.33. The molecule has 2 aliphatic rings. The van der Waals surface area contributed by atoms with Gasteiger partial charge in [-0.25, -0.2) is 4.79 Å². The van der Waals surface area contributed by atoms with Crippen molar-refractivity contribution in [2.24, 2.45) is 7.05 Å². The highest BCUT2D eigenvalue weighted by molar-refractivity contribution is 5.96. The molecule has 1 aromatic carbocycles. The van der Waals surface area contributed by atoms with Crippen LogP contribution in [-0.4, -0.2) is 77.4 Å². The highest BCUT2D eigenvalue weighted by Gasteiger charge is 2.48. The van der Waals surface area contributed by atoms with Gasteiger partial charge in [-0.15, -0.1) is 0 Å². The van der Waals surface area contributed by atoms with Gasteiger partial charge in [-0.05, 0) is 25.6 Å². The number of methoxy groups -OCH3 is 1. The molecule has 9 nitrogen and oxygen atoms in total. The largest absolute Gasteiger partial charge is 0.497 e. The molecule has 2 fully saturated rings. The Morgan fingerprint density at radius 1 is 1.28 bits per heavy atom. The van der Waals surface area contributed by atoms with Gasteiger partial charge in [-0.2, -0.15) is 5.10 Å². The third-order valence-electron chi connectivity index (χ3n) is 5.88. The maximum atomic E-state index is 12.8. The van der Waals surface area contributed by atoms with Gasteiger partial charge in [-0.3, -0.25) is 14.4 Å². The van der Waals surface area contributed by atoms with Gasteiger partial charge in [0.15, 0.2) is 0 Å². The number of anilines is 2. The molecular formula is C20H26N6O3. The first-order chi connectivity index (χ1) is 13.9. The van der Waals surface area contributed by atoms with Crippen LogP contribution in [0.1, 0.15) is 6.42 Å². The number of nitrogens with one attached hydrogen (secondary N) is 1. The van der Waals surface area contributed by atoms with Crippen molar-refractivity contribution >= 4 is 23.3 Å². The molecule has 3 heterocycles. The number of benzene rings is 1. The van der Waals surface area contributed by atoms with Crippen molar-refractivity contribution in [3.8, 4) is 5.75 Å². The Morgan fingerprint density at radius 2 is 2.10 bits per heavy atom. The Balaban J connectivity index is 1.47. The van der Waals surface area contributed by atoms with Crippen LogP contribution in [0.4, 0.5) is 16.2 Å². The number of hydrogen-bond acceptors (Lipinski definition) is 5. The lowest BCUT2D eigenvalue weighted by molar-refractivity contribution is -0.123. The lowest BCUT2D eigenvalue weighted by Gasteiger charge is -2.46. The molecule has 2 aromatic rings. The molecule has 0 bridgehead atoms. The number of aromatic nitrogens is 2. The SMILES string of the molecule is COc1cccc(NC(=O)N2CC[C@@]3(C2)CN(c2cnn(C)c2)C(=O)CN3C)c1. The first-order valence-electron chi connectivity index (χ1n) is 9.60. The molecule has 0 radical (unpaired) electrons. The van der Waals surface area contributed by atoms with Crippen LogP contribution in [0.25, 0.3) is 0 Å². The summed E-state index contributed by atoms with van der Waals surface area (Å²) in [4.78, 5) is 31.1. The van der Waals surface area contributed by atoms with Crippen molar-refractivity contribution in [1.82, 2.24) is 19.6 Å². The zero-order valence-corrected chi connectivity index (χ0v) is 17.0. The number of likely N-dealkylation sites (tertiary alicyclic amines) is 1. The van der Waals surface area contributed by atoms with E-state index in [-0.39, 0.29) is 17.5 Å². The van der Waals surface area contributed by atoms with Crippen molar-refractivity contribution in [3.05, 3.63) is 36.7 Å². The summed E-state index contributed by atoms with van der Waals surface area (Å²) in [6, 6.07) is 7.16. The fourth-order valence-corrected chi connectivity index (χ4v) is 4.12. The number of aryl methyl sites for hydroxylation is 1. The molecule has 29 heavy (non-hydrogen) atoms. The van der Waals surface area contributed by atoms with E-state index < -0.39 is 0 Å². The second-order valence-electron chi connectivity index (χ2n) is 7.77. The van der Waals surface area contributed by atoms with Gasteiger partial charge in [0.25, 0.3) is 0 Å². The molecule has 0 saturated carbocycles. The Bertz CT molecular complexity index is 928. The summed E-state index contributed by atoms with van der Waals surface area (Å²) in [5.74, 6) is 0.740. The van der Waals surface area contributed by atoms with Crippen molar-refractivity contribution < 1.29 is 14.3 Å². The molecule has 2 aliphatic heterocycles. The summed E-state index contributed by atoms with van der Waals surface area (Å²) in [5, 5.41) is 7.13. The second-order valence-corrected chi connectivity index (χ2v) is 7.77. The molecular weight excluding hydrogens is 372 g/mol. The molecule has 1 aromatic heterocycles. The van der Waals surface area contributed by atoms with E-state index in [9.17, 15) is 9.59 Å². The third kappa shape index (κ3) is 3.65. The zero-order valence-electron chi connectivity index (χ0n) is 17.0. The number of carbonyl (C=O) groups excluding carboxylic acids is 2. The topological polar surface area (TPSA) is 82.9 Å². The number of ether oxygens (including phenoxy) is 1. The summed E-state index contributed by atoms with van der Waals surface area (Å²) in [6.07, 6.45) is 4.36. The number of likely N-dealkylation sites (N-methyl/N-ethyl adjacent to an activating group) is 1. The van der Waals surface area contributed by atoms with Crippen LogP contribution in [0.5, 0.6) is 5.75 Å². The zero-order chi connectivity index (χ0) is 20.6. The number of carbonyl (C=O) groups is 2. The molecule has 0 aliphatic carbocycles. The lowest BCUT2D eigenvalue weighted by Crippen LogP contribution is -2.64. The quantitative estimate of drug-likeness (QED) is 0.845. The number of rotatable bonds is 3. The first-order valence-corrected chi connectivity index (χ1v) is 9.60. The fourth-order valence-electron chi connectivity index (χ4n) is 4.12. The Kier molecular flexibility index (Phi) is 4.91. The van der Waals surface area contributed by atoms with Gasteiger partial charge < -0.3 is 19.9 Å².